The average molecular weight is 418 g/mol. The number of esters is 1. The number of carbonyl (C=O) groups excluding carboxylic acids is 1. The summed E-state index contributed by atoms with van der Waals surface area (Å²) < 4.78 is 10.7. The SMILES string of the molecule is COC(=O)c1cc(I)c(C)cc1OI. The highest BCUT2D eigenvalue weighted by Crippen LogP contribution is 2.26. The summed E-state index contributed by atoms with van der Waals surface area (Å²) in [5.74, 6) is 0.157. The van der Waals surface area contributed by atoms with E-state index in [-0.39, 0.29) is 5.97 Å². The molecule has 0 atom stereocenters. The van der Waals surface area contributed by atoms with Gasteiger partial charge in [0, 0.05) is 3.57 Å². The first-order valence-electron chi connectivity index (χ1n) is 3.77. The van der Waals surface area contributed by atoms with Crippen LogP contribution in [0.2, 0.25) is 0 Å². The van der Waals surface area contributed by atoms with Crippen LogP contribution in [0.1, 0.15) is 15.9 Å². The Bertz CT molecular complexity index is 363. The molecule has 0 bridgehead atoms. The van der Waals surface area contributed by atoms with E-state index in [4.69, 9.17) is 3.07 Å². The molecule has 0 saturated heterocycles. The zero-order chi connectivity index (χ0) is 10.7. The van der Waals surface area contributed by atoms with Crippen molar-refractivity contribution in [3.8, 4) is 5.75 Å². The predicted molar refractivity (Wildman–Crippen MR) is 69.9 cm³/mol. The molecule has 0 aliphatic carbocycles. The molecule has 0 aliphatic heterocycles. The van der Waals surface area contributed by atoms with E-state index in [9.17, 15) is 4.79 Å². The maximum Gasteiger partial charge on any atom is 0.341 e. The molecule has 1 aromatic carbocycles. The van der Waals surface area contributed by atoms with E-state index < -0.39 is 0 Å². The molecule has 5 heteroatoms. The number of ether oxygens (including phenoxy) is 1. The Morgan fingerprint density at radius 1 is 1.43 bits per heavy atom. The number of halogens is 2. The monoisotopic (exact) mass is 418 g/mol. The summed E-state index contributed by atoms with van der Waals surface area (Å²) in [5.41, 5.74) is 1.53. The van der Waals surface area contributed by atoms with Crippen LogP contribution in [0, 0.1) is 10.5 Å². The Balaban J connectivity index is 3.27. The van der Waals surface area contributed by atoms with Crippen LogP contribution in [0.15, 0.2) is 12.1 Å². The zero-order valence-corrected chi connectivity index (χ0v) is 12.0. The number of carbonyl (C=O) groups is 1. The van der Waals surface area contributed by atoms with E-state index in [2.05, 4.69) is 27.3 Å². The third kappa shape index (κ3) is 2.50. The summed E-state index contributed by atoms with van der Waals surface area (Å²) in [6.45, 7) is 1.96. The summed E-state index contributed by atoms with van der Waals surface area (Å²) in [6.07, 6.45) is 0. The van der Waals surface area contributed by atoms with E-state index in [1.54, 1.807) is 29.1 Å². The smallest absolute Gasteiger partial charge is 0.341 e. The largest absolute Gasteiger partial charge is 0.465 e. The van der Waals surface area contributed by atoms with Crippen LogP contribution < -0.4 is 3.07 Å². The first-order chi connectivity index (χ1) is 6.60. The van der Waals surface area contributed by atoms with Crippen LogP contribution >= 0.6 is 45.6 Å². The van der Waals surface area contributed by atoms with E-state index in [1.165, 1.54) is 7.11 Å². The van der Waals surface area contributed by atoms with Crippen molar-refractivity contribution < 1.29 is 12.6 Å². The van der Waals surface area contributed by atoms with Gasteiger partial charge >= 0.3 is 5.97 Å². The van der Waals surface area contributed by atoms with Gasteiger partial charge in [-0.3, -0.25) is 0 Å². The summed E-state index contributed by atoms with van der Waals surface area (Å²) in [5, 5.41) is 0. The molecule has 0 heterocycles. The number of methoxy groups -OCH3 is 1. The molecule has 0 radical (unpaired) electrons. The molecule has 14 heavy (non-hydrogen) atoms. The van der Waals surface area contributed by atoms with E-state index >= 15 is 0 Å². The van der Waals surface area contributed by atoms with Crippen molar-refractivity contribution in [1.82, 2.24) is 0 Å². The van der Waals surface area contributed by atoms with Crippen LogP contribution in [0.5, 0.6) is 5.75 Å². The van der Waals surface area contributed by atoms with Gasteiger partial charge in [0.15, 0.2) is 23.0 Å². The van der Waals surface area contributed by atoms with Crippen LogP contribution in [0.3, 0.4) is 0 Å². The minimum Gasteiger partial charge on any atom is -0.465 e. The molecule has 1 aromatic rings. The third-order valence-electron chi connectivity index (χ3n) is 1.75. The molecule has 76 valence electrons. The first kappa shape index (κ1) is 12.0. The highest BCUT2D eigenvalue weighted by Gasteiger charge is 2.14. The molecule has 3 nitrogen and oxygen atoms in total. The highest BCUT2D eigenvalue weighted by molar-refractivity contribution is 14.1. The maximum absolute atomic E-state index is 11.3. The standard InChI is InChI=1S/C9H8I2O3/c1-5-3-8(14-11)6(4-7(5)10)9(12)13-2/h3-4H,1-2H3. The highest BCUT2D eigenvalue weighted by atomic mass is 127. The average Bonchev–Trinajstić information content (AvgIpc) is 2.20. The lowest BCUT2D eigenvalue weighted by atomic mass is 10.1. The summed E-state index contributed by atoms with van der Waals surface area (Å²) in [7, 11) is 1.35. The van der Waals surface area contributed by atoms with Crippen LogP contribution in [-0.4, -0.2) is 13.1 Å². The maximum atomic E-state index is 11.3. The Morgan fingerprint density at radius 3 is 2.57 bits per heavy atom. The van der Waals surface area contributed by atoms with Gasteiger partial charge in [-0.05, 0) is 47.2 Å². The van der Waals surface area contributed by atoms with Crippen LogP contribution in [-0.2, 0) is 4.74 Å². The lowest BCUT2D eigenvalue weighted by Gasteiger charge is -2.07. The van der Waals surface area contributed by atoms with Crippen molar-refractivity contribution in [3.63, 3.8) is 0 Å². The summed E-state index contributed by atoms with van der Waals surface area (Å²) >= 11 is 3.91. The number of rotatable bonds is 2. The van der Waals surface area contributed by atoms with Gasteiger partial charge in [0.25, 0.3) is 0 Å². The second-order valence-corrected chi connectivity index (χ2v) is 4.27. The molecule has 0 N–H and O–H groups in total. The van der Waals surface area contributed by atoms with Crippen molar-refractivity contribution in [2.75, 3.05) is 7.11 Å². The van der Waals surface area contributed by atoms with Crippen molar-refractivity contribution in [2.24, 2.45) is 0 Å². The van der Waals surface area contributed by atoms with Crippen LogP contribution in [0.4, 0.5) is 0 Å². The first-order valence-corrected chi connectivity index (χ1v) is 5.73. The molecular formula is C9H8I2O3. The lowest BCUT2D eigenvalue weighted by molar-refractivity contribution is 0.0599. The fourth-order valence-electron chi connectivity index (χ4n) is 0.988. The molecule has 0 aliphatic rings. The molecule has 0 aromatic heterocycles. The fraction of sp³-hybridized carbons (Fsp3) is 0.222. The Labute approximate surface area is 110 Å². The van der Waals surface area contributed by atoms with Gasteiger partial charge in [-0.25, -0.2) is 4.79 Å². The van der Waals surface area contributed by atoms with Crippen molar-refractivity contribution in [1.29, 1.82) is 0 Å². The molecule has 0 unspecified atom stereocenters. The van der Waals surface area contributed by atoms with Crippen molar-refractivity contribution >= 4 is 51.6 Å². The van der Waals surface area contributed by atoms with Crippen molar-refractivity contribution in [3.05, 3.63) is 26.8 Å². The van der Waals surface area contributed by atoms with Gasteiger partial charge < -0.3 is 7.80 Å². The fourth-order valence-corrected chi connectivity index (χ4v) is 1.82. The van der Waals surface area contributed by atoms with Gasteiger partial charge in [0.05, 0.1) is 7.11 Å². The number of hydrogen-bond donors (Lipinski definition) is 0. The number of benzene rings is 1. The molecule has 0 amide bonds. The van der Waals surface area contributed by atoms with Gasteiger partial charge in [0.1, 0.15) is 11.3 Å². The van der Waals surface area contributed by atoms with Gasteiger partial charge in [-0.1, -0.05) is 0 Å². The quantitative estimate of drug-likeness (QED) is 0.548. The molecule has 0 fully saturated rings. The minimum absolute atomic E-state index is 0.380. The Kier molecular flexibility index (Phi) is 4.42. The lowest BCUT2D eigenvalue weighted by Crippen LogP contribution is -2.04. The topological polar surface area (TPSA) is 35.5 Å². The summed E-state index contributed by atoms with van der Waals surface area (Å²) in [6, 6.07) is 3.58. The van der Waals surface area contributed by atoms with Crippen molar-refractivity contribution in [2.45, 2.75) is 6.92 Å². The molecular weight excluding hydrogens is 410 g/mol. The predicted octanol–water partition coefficient (Wildman–Crippen LogP) is 3.12. The Hall–Kier alpha value is -0.0500. The van der Waals surface area contributed by atoms with E-state index in [0.717, 1.165) is 9.13 Å². The second kappa shape index (κ2) is 5.15. The normalized spacial score (nSPS) is 9.71. The molecule has 1 rings (SSSR count). The minimum atomic E-state index is -0.380. The van der Waals surface area contributed by atoms with E-state index in [1.807, 2.05) is 13.0 Å². The zero-order valence-electron chi connectivity index (χ0n) is 7.64. The molecule has 0 spiro atoms. The number of hydrogen-bond acceptors (Lipinski definition) is 3. The van der Waals surface area contributed by atoms with Crippen LogP contribution in [0.25, 0.3) is 0 Å². The summed E-state index contributed by atoms with van der Waals surface area (Å²) in [4.78, 5) is 11.3. The third-order valence-corrected chi connectivity index (χ3v) is 3.39. The van der Waals surface area contributed by atoms with Gasteiger partial charge in [0.2, 0.25) is 0 Å². The van der Waals surface area contributed by atoms with Gasteiger partial charge in [-0.15, -0.1) is 0 Å². The second-order valence-electron chi connectivity index (χ2n) is 2.67. The number of aryl methyl sites for hydroxylation is 1. The molecule has 0 saturated carbocycles. The van der Waals surface area contributed by atoms with Gasteiger partial charge in [-0.2, -0.15) is 0 Å². The van der Waals surface area contributed by atoms with E-state index in [0.29, 0.717) is 11.3 Å². The Morgan fingerprint density at radius 2 is 2.07 bits per heavy atom.